The molecule has 116 valence electrons. The SMILES string of the molecule is CC(CN1CCCC1)NC(=O)N(CCC(=O)O)C(C)C. The first kappa shape index (κ1) is 16.8. The predicted molar refractivity (Wildman–Crippen MR) is 77.8 cm³/mol. The molecule has 2 N–H and O–H groups in total. The summed E-state index contributed by atoms with van der Waals surface area (Å²) < 4.78 is 0. The van der Waals surface area contributed by atoms with E-state index in [1.807, 2.05) is 20.8 Å². The van der Waals surface area contributed by atoms with Crippen LogP contribution in [0.15, 0.2) is 0 Å². The fourth-order valence-corrected chi connectivity index (χ4v) is 2.50. The van der Waals surface area contributed by atoms with Crippen LogP contribution in [0, 0.1) is 0 Å². The van der Waals surface area contributed by atoms with Crippen molar-refractivity contribution in [2.24, 2.45) is 0 Å². The minimum absolute atomic E-state index is 0.00617. The maximum absolute atomic E-state index is 12.2. The molecule has 0 aromatic heterocycles. The minimum atomic E-state index is -0.881. The van der Waals surface area contributed by atoms with E-state index in [1.54, 1.807) is 4.90 Å². The largest absolute Gasteiger partial charge is 0.481 e. The molecular weight excluding hydrogens is 258 g/mol. The van der Waals surface area contributed by atoms with Gasteiger partial charge in [0.05, 0.1) is 6.42 Å². The Bertz CT molecular complexity index is 328. The van der Waals surface area contributed by atoms with Crippen LogP contribution in [0.5, 0.6) is 0 Å². The smallest absolute Gasteiger partial charge is 0.317 e. The number of carboxylic acid groups (broad SMARTS) is 1. The Balaban J connectivity index is 2.41. The molecule has 1 rings (SSSR count). The first-order valence-corrected chi connectivity index (χ1v) is 7.41. The quantitative estimate of drug-likeness (QED) is 0.741. The summed E-state index contributed by atoms with van der Waals surface area (Å²) in [7, 11) is 0. The summed E-state index contributed by atoms with van der Waals surface area (Å²) >= 11 is 0. The Morgan fingerprint density at radius 1 is 1.25 bits per heavy atom. The van der Waals surface area contributed by atoms with Crippen molar-refractivity contribution < 1.29 is 14.7 Å². The van der Waals surface area contributed by atoms with Gasteiger partial charge in [0.15, 0.2) is 0 Å². The number of nitrogens with zero attached hydrogens (tertiary/aromatic N) is 2. The van der Waals surface area contributed by atoms with Crippen LogP contribution in [-0.4, -0.2) is 65.2 Å². The van der Waals surface area contributed by atoms with Gasteiger partial charge in [-0.3, -0.25) is 4.79 Å². The van der Waals surface area contributed by atoms with Crippen LogP contribution < -0.4 is 5.32 Å². The molecule has 1 heterocycles. The molecule has 0 radical (unpaired) electrons. The van der Waals surface area contributed by atoms with Gasteiger partial charge in [-0.2, -0.15) is 0 Å². The van der Waals surface area contributed by atoms with Crippen molar-refractivity contribution in [2.45, 2.75) is 52.1 Å². The lowest BCUT2D eigenvalue weighted by Crippen LogP contribution is -2.50. The summed E-state index contributed by atoms with van der Waals surface area (Å²) in [5.41, 5.74) is 0. The first-order chi connectivity index (χ1) is 9.40. The van der Waals surface area contributed by atoms with E-state index < -0.39 is 5.97 Å². The molecule has 1 aliphatic heterocycles. The monoisotopic (exact) mass is 285 g/mol. The highest BCUT2D eigenvalue weighted by Crippen LogP contribution is 2.08. The number of carboxylic acids is 1. The molecule has 1 unspecified atom stereocenters. The van der Waals surface area contributed by atoms with Gasteiger partial charge >= 0.3 is 12.0 Å². The summed E-state index contributed by atoms with van der Waals surface area (Å²) in [6.07, 6.45) is 2.45. The predicted octanol–water partition coefficient (Wildman–Crippen LogP) is 1.37. The molecule has 1 atom stereocenters. The van der Waals surface area contributed by atoms with Gasteiger partial charge in [0.1, 0.15) is 0 Å². The molecule has 2 amide bonds. The van der Waals surface area contributed by atoms with Gasteiger partial charge in [-0.25, -0.2) is 4.79 Å². The molecule has 0 aliphatic carbocycles. The third-order valence-electron chi connectivity index (χ3n) is 3.55. The number of rotatable bonds is 7. The van der Waals surface area contributed by atoms with Gasteiger partial charge in [-0.1, -0.05) is 0 Å². The molecule has 20 heavy (non-hydrogen) atoms. The van der Waals surface area contributed by atoms with Gasteiger partial charge < -0.3 is 20.2 Å². The van der Waals surface area contributed by atoms with E-state index in [4.69, 9.17) is 5.11 Å². The van der Waals surface area contributed by atoms with Crippen LogP contribution in [0.2, 0.25) is 0 Å². The molecule has 6 nitrogen and oxygen atoms in total. The van der Waals surface area contributed by atoms with Crippen molar-refractivity contribution in [1.82, 2.24) is 15.1 Å². The second-order valence-electron chi connectivity index (χ2n) is 5.79. The molecule has 0 bridgehead atoms. The highest BCUT2D eigenvalue weighted by atomic mass is 16.4. The summed E-state index contributed by atoms with van der Waals surface area (Å²) in [6, 6.07) is -0.104. The maximum atomic E-state index is 12.2. The lowest BCUT2D eigenvalue weighted by molar-refractivity contribution is -0.137. The van der Waals surface area contributed by atoms with Crippen LogP contribution in [-0.2, 0) is 4.79 Å². The van der Waals surface area contributed by atoms with Gasteiger partial charge in [0, 0.05) is 25.2 Å². The molecule has 0 saturated carbocycles. The second kappa shape index (κ2) is 8.09. The number of carbonyl (C=O) groups excluding carboxylic acids is 1. The van der Waals surface area contributed by atoms with E-state index in [2.05, 4.69) is 10.2 Å². The van der Waals surface area contributed by atoms with Crippen LogP contribution >= 0.6 is 0 Å². The minimum Gasteiger partial charge on any atom is -0.481 e. The average molecular weight is 285 g/mol. The van der Waals surface area contributed by atoms with Crippen LogP contribution in [0.3, 0.4) is 0 Å². The zero-order valence-corrected chi connectivity index (χ0v) is 12.8. The third-order valence-corrected chi connectivity index (χ3v) is 3.55. The highest BCUT2D eigenvalue weighted by molar-refractivity contribution is 5.75. The Kier molecular flexibility index (Phi) is 6.78. The van der Waals surface area contributed by atoms with Crippen LogP contribution in [0.1, 0.15) is 40.0 Å². The second-order valence-corrected chi connectivity index (χ2v) is 5.79. The van der Waals surface area contributed by atoms with Crippen molar-refractivity contribution in [3.63, 3.8) is 0 Å². The molecule has 0 spiro atoms. The van der Waals surface area contributed by atoms with Crippen LogP contribution in [0.25, 0.3) is 0 Å². The van der Waals surface area contributed by atoms with E-state index in [0.29, 0.717) is 0 Å². The van der Waals surface area contributed by atoms with E-state index >= 15 is 0 Å². The normalized spacial score (nSPS) is 17.2. The molecule has 1 fully saturated rings. The Morgan fingerprint density at radius 3 is 2.35 bits per heavy atom. The lowest BCUT2D eigenvalue weighted by atomic mass is 10.2. The van der Waals surface area contributed by atoms with E-state index in [1.165, 1.54) is 12.8 Å². The molecule has 0 aromatic rings. The Morgan fingerprint density at radius 2 is 1.85 bits per heavy atom. The fourth-order valence-electron chi connectivity index (χ4n) is 2.50. The number of nitrogens with one attached hydrogen (secondary N) is 1. The number of carbonyl (C=O) groups is 2. The van der Waals surface area contributed by atoms with Crippen molar-refractivity contribution in [2.75, 3.05) is 26.2 Å². The van der Waals surface area contributed by atoms with E-state index in [0.717, 1.165) is 19.6 Å². The fraction of sp³-hybridized carbons (Fsp3) is 0.857. The van der Waals surface area contributed by atoms with Crippen molar-refractivity contribution in [3.05, 3.63) is 0 Å². The molecular formula is C14H27N3O3. The molecule has 0 aromatic carbocycles. The topological polar surface area (TPSA) is 72.9 Å². The summed E-state index contributed by atoms with van der Waals surface area (Å²) in [5.74, 6) is -0.881. The molecule has 1 aliphatic rings. The first-order valence-electron chi connectivity index (χ1n) is 7.41. The Hall–Kier alpha value is -1.30. The molecule has 1 saturated heterocycles. The summed E-state index contributed by atoms with van der Waals surface area (Å²) in [4.78, 5) is 26.7. The van der Waals surface area contributed by atoms with Gasteiger partial charge in [-0.15, -0.1) is 0 Å². The third kappa shape index (κ3) is 5.77. The van der Waals surface area contributed by atoms with Gasteiger partial charge in [0.2, 0.25) is 0 Å². The van der Waals surface area contributed by atoms with Crippen molar-refractivity contribution in [3.8, 4) is 0 Å². The standard InChI is InChI=1S/C14H27N3O3/c1-11(2)17(9-6-13(18)19)14(20)15-12(3)10-16-7-4-5-8-16/h11-12H,4-10H2,1-3H3,(H,15,20)(H,18,19). The summed E-state index contributed by atoms with van der Waals surface area (Å²) in [6.45, 7) is 9.09. The zero-order chi connectivity index (χ0) is 15.1. The number of hydrogen-bond acceptors (Lipinski definition) is 3. The summed E-state index contributed by atoms with van der Waals surface area (Å²) in [5, 5.41) is 11.7. The number of aliphatic carboxylic acids is 1. The highest BCUT2D eigenvalue weighted by Gasteiger charge is 2.21. The Labute approximate surface area is 121 Å². The maximum Gasteiger partial charge on any atom is 0.317 e. The zero-order valence-electron chi connectivity index (χ0n) is 12.8. The molecule has 6 heteroatoms. The number of urea groups is 1. The van der Waals surface area contributed by atoms with Gasteiger partial charge in [-0.05, 0) is 46.7 Å². The number of hydrogen-bond donors (Lipinski definition) is 2. The van der Waals surface area contributed by atoms with Crippen molar-refractivity contribution >= 4 is 12.0 Å². The van der Waals surface area contributed by atoms with Crippen molar-refractivity contribution in [1.29, 1.82) is 0 Å². The average Bonchev–Trinajstić information content (AvgIpc) is 2.80. The van der Waals surface area contributed by atoms with Gasteiger partial charge in [0.25, 0.3) is 0 Å². The van der Waals surface area contributed by atoms with E-state index in [-0.39, 0.29) is 31.1 Å². The number of likely N-dealkylation sites (tertiary alicyclic amines) is 1. The van der Waals surface area contributed by atoms with E-state index in [9.17, 15) is 9.59 Å². The van der Waals surface area contributed by atoms with Crippen LogP contribution in [0.4, 0.5) is 4.79 Å². The number of amides is 2. The lowest BCUT2D eigenvalue weighted by Gasteiger charge is -2.29.